The summed E-state index contributed by atoms with van der Waals surface area (Å²) in [6.45, 7) is 8.83. The zero-order valence-electron chi connectivity index (χ0n) is 13.2. The van der Waals surface area contributed by atoms with Crippen molar-refractivity contribution in [1.82, 2.24) is 10.2 Å². The maximum Gasteiger partial charge on any atom is 0.0593 e. The van der Waals surface area contributed by atoms with Crippen molar-refractivity contribution in [2.24, 2.45) is 5.92 Å². The van der Waals surface area contributed by atoms with E-state index in [2.05, 4.69) is 10.2 Å². The molecule has 1 N–H and O–H groups in total. The van der Waals surface area contributed by atoms with Crippen LogP contribution in [0.15, 0.2) is 0 Å². The number of ether oxygens (including phenoxy) is 3. The van der Waals surface area contributed by atoms with E-state index in [0.29, 0.717) is 0 Å². The highest BCUT2D eigenvalue weighted by Crippen LogP contribution is 2.15. The molecule has 1 rings (SSSR count). The molecular formula is C15H32N2O3. The minimum atomic E-state index is 0.793. The fraction of sp³-hybridized carbons (Fsp3) is 1.00. The maximum absolute atomic E-state index is 5.61. The highest BCUT2D eigenvalue weighted by Gasteiger charge is 2.18. The standard InChI is InChI=1S/C15H32N2O3/c1-18-10-3-11-20-13-9-17-7-4-15(5-8-17)14-16-6-12-19-2/h15-16H,3-14H2,1-2H3. The molecule has 120 valence electrons. The number of methoxy groups -OCH3 is 2. The SMILES string of the molecule is COCCCOCCN1CCC(CNCCOC)CC1. The van der Waals surface area contributed by atoms with Crippen molar-refractivity contribution in [3.63, 3.8) is 0 Å². The van der Waals surface area contributed by atoms with Crippen LogP contribution in [0, 0.1) is 5.92 Å². The Morgan fingerprint density at radius 2 is 1.75 bits per heavy atom. The lowest BCUT2D eigenvalue weighted by Gasteiger charge is -2.31. The smallest absolute Gasteiger partial charge is 0.0593 e. The normalized spacial score (nSPS) is 17.7. The van der Waals surface area contributed by atoms with Crippen LogP contribution in [-0.4, -0.2) is 78.3 Å². The minimum absolute atomic E-state index is 0.793. The van der Waals surface area contributed by atoms with Crippen molar-refractivity contribution in [3.05, 3.63) is 0 Å². The summed E-state index contributed by atoms with van der Waals surface area (Å²) in [6.07, 6.45) is 3.58. The first-order chi connectivity index (χ1) is 9.86. The fourth-order valence-corrected chi connectivity index (χ4v) is 2.50. The van der Waals surface area contributed by atoms with E-state index >= 15 is 0 Å². The van der Waals surface area contributed by atoms with Gasteiger partial charge in [-0.15, -0.1) is 0 Å². The van der Waals surface area contributed by atoms with Crippen LogP contribution in [0.1, 0.15) is 19.3 Å². The third-order valence-electron chi connectivity index (χ3n) is 3.81. The predicted molar refractivity (Wildman–Crippen MR) is 81.2 cm³/mol. The van der Waals surface area contributed by atoms with Crippen molar-refractivity contribution in [2.45, 2.75) is 19.3 Å². The first kappa shape index (κ1) is 17.9. The zero-order valence-corrected chi connectivity index (χ0v) is 13.2. The first-order valence-corrected chi connectivity index (χ1v) is 7.85. The molecule has 1 aliphatic rings. The van der Waals surface area contributed by atoms with Crippen LogP contribution in [-0.2, 0) is 14.2 Å². The Morgan fingerprint density at radius 3 is 2.45 bits per heavy atom. The maximum atomic E-state index is 5.61. The molecule has 0 amide bonds. The highest BCUT2D eigenvalue weighted by molar-refractivity contribution is 4.73. The molecule has 5 heteroatoms. The number of hydrogen-bond donors (Lipinski definition) is 1. The second-order valence-corrected chi connectivity index (χ2v) is 5.44. The topological polar surface area (TPSA) is 43.0 Å². The minimum Gasteiger partial charge on any atom is -0.385 e. The van der Waals surface area contributed by atoms with Gasteiger partial charge in [-0.05, 0) is 44.8 Å². The fourth-order valence-electron chi connectivity index (χ4n) is 2.50. The second kappa shape index (κ2) is 12.5. The lowest BCUT2D eigenvalue weighted by molar-refractivity contribution is 0.0736. The van der Waals surface area contributed by atoms with E-state index in [9.17, 15) is 0 Å². The van der Waals surface area contributed by atoms with Gasteiger partial charge in [-0.3, -0.25) is 0 Å². The van der Waals surface area contributed by atoms with Crippen molar-refractivity contribution < 1.29 is 14.2 Å². The Kier molecular flexibility index (Phi) is 11.2. The number of nitrogens with zero attached hydrogens (tertiary/aromatic N) is 1. The van der Waals surface area contributed by atoms with Gasteiger partial charge in [-0.25, -0.2) is 0 Å². The lowest BCUT2D eigenvalue weighted by Crippen LogP contribution is -2.39. The van der Waals surface area contributed by atoms with Crippen molar-refractivity contribution in [3.8, 4) is 0 Å². The highest BCUT2D eigenvalue weighted by atomic mass is 16.5. The van der Waals surface area contributed by atoms with Gasteiger partial charge in [0.2, 0.25) is 0 Å². The summed E-state index contributed by atoms with van der Waals surface area (Å²) < 4.78 is 15.6. The Hall–Kier alpha value is -0.200. The van der Waals surface area contributed by atoms with Crippen molar-refractivity contribution in [2.75, 3.05) is 73.4 Å². The predicted octanol–water partition coefficient (Wildman–Crippen LogP) is 0.988. The van der Waals surface area contributed by atoms with E-state index in [1.165, 1.54) is 25.9 Å². The number of rotatable bonds is 12. The summed E-state index contributed by atoms with van der Waals surface area (Å²) in [7, 11) is 3.48. The molecule has 0 spiro atoms. The van der Waals surface area contributed by atoms with Crippen LogP contribution in [0.4, 0.5) is 0 Å². The van der Waals surface area contributed by atoms with Crippen molar-refractivity contribution in [1.29, 1.82) is 0 Å². The van der Waals surface area contributed by atoms with Gasteiger partial charge in [0, 0.05) is 40.5 Å². The van der Waals surface area contributed by atoms with Crippen LogP contribution in [0.3, 0.4) is 0 Å². The van der Waals surface area contributed by atoms with Crippen molar-refractivity contribution >= 4 is 0 Å². The van der Waals surface area contributed by atoms with E-state index in [4.69, 9.17) is 14.2 Å². The monoisotopic (exact) mass is 288 g/mol. The van der Waals surface area contributed by atoms with Crippen LogP contribution in [0.2, 0.25) is 0 Å². The molecule has 1 heterocycles. The summed E-state index contributed by atoms with van der Waals surface area (Å²) in [4.78, 5) is 2.52. The molecule has 1 saturated heterocycles. The Morgan fingerprint density at radius 1 is 1.00 bits per heavy atom. The summed E-state index contributed by atoms with van der Waals surface area (Å²) >= 11 is 0. The molecule has 0 atom stereocenters. The molecule has 1 fully saturated rings. The van der Waals surface area contributed by atoms with Crippen LogP contribution >= 0.6 is 0 Å². The second-order valence-electron chi connectivity index (χ2n) is 5.44. The third kappa shape index (κ3) is 8.87. The van der Waals surface area contributed by atoms with E-state index in [1.54, 1.807) is 14.2 Å². The Labute approximate surface area is 123 Å². The van der Waals surface area contributed by atoms with Crippen LogP contribution < -0.4 is 5.32 Å². The molecule has 20 heavy (non-hydrogen) atoms. The van der Waals surface area contributed by atoms with E-state index < -0.39 is 0 Å². The average Bonchev–Trinajstić information content (AvgIpc) is 2.49. The molecule has 0 saturated carbocycles. The largest absolute Gasteiger partial charge is 0.385 e. The van der Waals surface area contributed by atoms with Gasteiger partial charge < -0.3 is 24.4 Å². The van der Waals surface area contributed by atoms with E-state index in [0.717, 1.165) is 58.4 Å². The quantitative estimate of drug-likeness (QED) is 0.543. The van der Waals surface area contributed by atoms with E-state index in [-0.39, 0.29) is 0 Å². The Bertz CT molecular complexity index is 209. The number of nitrogens with one attached hydrogen (secondary N) is 1. The van der Waals surface area contributed by atoms with E-state index in [1.807, 2.05) is 0 Å². The first-order valence-electron chi connectivity index (χ1n) is 7.85. The summed E-state index contributed by atoms with van der Waals surface area (Å²) in [5, 5.41) is 3.46. The molecule has 0 aliphatic carbocycles. The number of hydrogen-bond acceptors (Lipinski definition) is 5. The van der Waals surface area contributed by atoms with Gasteiger partial charge in [-0.2, -0.15) is 0 Å². The lowest BCUT2D eigenvalue weighted by atomic mass is 9.97. The van der Waals surface area contributed by atoms with Gasteiger partial charge in [0.1, 0.15) is 0 Å². The zero-order chi connectivity index (χ0) is 14.5. The molecule has 0 bridgehead atoms. The van der Waals surface area contributed by atoms with Gasteiger partial charge in [-0.1, -0.05) is 0 Å². The summed E-state index contributed by atoms with van der Waals surface area (Å²) in [5.74, 6) is 0.825. The molecule has 0 aromatic carbocycles. The molecule has 0 aromatic heterocycles. The Balaban J connectivity index is 1.91. The molecular weight excluding hydrogens is 256 g/mol. The molecule has 0 aromatic rings. The van der Waals surface area contributed by atoms with Gasteiger partial charge in [0.05, 0.1) is 13.2 Å². The third-order valence-corrected chi connectivity index (χ3v) is 3.81. The van der Waals surface area contributed by atoms with Gasteiger partial charge in [0.15, 0.2) is 0 Å². The molecule has 5 nitrogen and oxygen atoms in total. The summed E-state index contributed by atoms with van der Waals surface area (Å²) in [5.41, 5.74) is 0. The summed E-state index contributed by atoms with van der Waals surface area (Å²) in [6, 6.07) is 0. The number of likely N-dealkylation sites (tertiary alicyclic amines) is 1. The molecule has 0 radical (unpaired) electrons. The van der Waals surface area contributed by atoms with Crippen LogP contribution in [0.25, 0.3) is 0 Å². The molecule has 1 aliphatic heterocycles. The molecule has 0 unspecified atom stereocenters. The van der Waals surface area contributed by atoms with Crippen LogP contribution in [0.5, 0.6) is 0 Å². The average molecular weight is 288 g/mol. The van der Waals surface area contributed by atoms with Gasteiger partial charge >= 0.3 is 0 Å². The number of piperidine rings is 1. The van der Waals surface area contributed by atoms with Gasteiger partial charge in [0.25, 0.3) is 0 Å².